The summed E-state index contributed by atoms with van der Waals surface area (Å²) in [6.07, 6.45) is 2.89. The van der Waals surface area contributed by atoms with E-state index in [1.54, 1.807) is 0 Å². The Bertz CT molecular complexity index is 508. The van der Waals surface area contributed by atoms with Crippen molar-refractivity contribution in [3.63, 3.8) is 0 Å². The normalized spacial score (nSPS) is 12.4. The standard InChI is InChI=1S/C15H17BrN2/c1-3-11-6-8-12(9-7-11)14(17-2)15-13(16)5-4-10-18-15/h4-10,14,17H,3H2,1-2H3. The second-order valence-electron chi connectivity index (χ2n) is 4.19. The summed E-state index contributed by atoms with van der Waals surface area (Å²) in [6, 6.07) is 12.8. The first-order valence-corrected chi connectivity index (χ1v) is 6.92. The van der Waals surface area contributed by atoms with Crippen LogP contribution in [0.2, 0.25) is 0 Å². The molecule has 0 saturated carbocycles. The lowest BCUT2D eigenvalue weighted by molar-refractivity contribution is 0.667. The third-order valence-corrected chi connectivity index (χ3v) is 3.74. The van der Waals surface area contributed by atoms with Crippen LogP contribution in [0.1, 0.15) is 29.8 Å². The molecule has 0 bridgehead atoms. The third-order valence-electron chi connectivity index (χ3n) is 3.07. The van der Waals surface area contributed by atoms with Gasteiger partial charge < -0.3 is 5.32 Å². The van der Waals surface area contributed by atoms with Crippen LogP contribution in [0, 0.1) is 0 Å². The van der Waals surface area contributed by atoms with Gasteiger partial charge in [-0.3, -0.25) is 4.98 Å². The summed E-state index contributed by atoms with van der Waals surface area (Å²) >= 11 is 3.56. The maximum Gasteiger partial charge on any atom is 0.0760 e. The van der Waals surface area contributed by atoms with Gasteiger partial charge in [0.15, 0.2) is 0 Å². The number of pyridine rings is 1. The molecule has 2 nitrogen and oxygen atoms in total. The topological polar surface area (TPSA) is 24.9 Å². The molecular weight excluding hydrogens is 288 g/mol. The largest absolute Gasteiger partial charge is 0.308 e. The number of nitrogens with one attached hydrogen (secondary N) is 1. The van der Waals surface area contributed by atoms with Crippen LogP contribution in [0.3, 0.4) is 0 Å². The minimum atomic E-state index is 0.117. The van der Waals surface area contributed by atoms with Crippen molar-refractivity contribution in [1.82, 2.24) is 10.3 Å². The molecular formula is C15H17BrN2. The average molecular weight is 305 g/mol. The van der Waals surface area contributed by atoms with Gasteiger partial charge in [0, 0.05) is 10.7 Å². The highest BCUT2D eigenvalue weighted by atomic mass is 79.9. The van der Waals surface area contributed by atoms with Gasteiger partial charge in [0.05, 0.1) is 11.7 Å². The molecule has 0 saturated heterocycles. The minimum Gasteiger partial charge on any atom is -0.308 e. The molecule has 94 valence electrons. The molecule has 0 amide bonds. The minimum absolute atomic E-state index is 0.117. The van der Waals surface area contributed by atoms with Gasteiger partial charge in [-0.1, -0.05) is 31.2 Å². The summed E-state index contributed by atoms with van der Waals surface area (Å²) < 4.78 is 1.03. The fourth-order valence-corrected chi connectivity index (χ4v) is 2.50. The van der Waals surface area contributed by atoms with Crippen LogP contribution in [0.5, 0.6) is 0 Å². The van der Waals surface area contributed by atoms with Crippen molar-refractivity contribution in [2.75, 3.05) is 7.05 Å². The highest BCUT2D eigenvalue weighted by Crippen LogP contribution is 2.26. The summed E-state index contributed by atoms with van der Waals surface area (Å²) in [7, 11) is 1.96. The van der Waals surface area contributed by atoms with E-state index < -0.39 is 0 Å². The Morgan fingerprint density at radius 1 is 1.22 bits per heavy atom. The summed E-state index contributed by atoms with van der Waals surface area (Å²) in [5.74, 6) is 0. The van der Waals surface area contributed by atoms with Crippen LogP contribution in [0.15, 0.2) is 47.1 Å². The van der Waals surface area contributed by atoms with Crippen molar-refractivity contribution in [1.29, 1.82) is 0 Å². The maximum absolute atomic E-state index is 4.46. The first-order valence-electron chi connectivity index (χ1n) is 6.12. The molecule has 1 aromatic carbocycles. The first-order chi connectivity index (χ1) is 8.76. The van der Waals surface area contributed by atoms with Gasteiger partial charge in [-0.05, 0) is 52.7 Å². The summed E-state index contributed by atoms with van der Waals surface area (Å²) in [5, 5.41) is 3.32. The zero-order valence-electron chi connectivity index (χ0n) is 10.7. The predicted molar refractivity (Wildman–Crippen MR) is 78.7 cm³/mol. The molecule has 2 rings (SSSR count). The van der Waals surface area contributed by atoms with E-state index in [-0.39, 0.29) is 6.04 Å². The summed E-state index contributed by atoms with van der Waals surface area (Å²) in [6.45, 7) is 2.17. The van der Waals surface area contributed by atoms with Crippen molar-refractivity contribution < 1.29 is 0 Å². The highest BCUT2D eigenvalue weighted by molar-refractivity contribution is 9.10. The van der Waals surface area contributed by atoms with E-state index in [4.69, 9.17) is 0 Å². The number of aryl methyl sites for hydroxylation is 1. The van der Waals surface area contributed by atoms with Crippen LogP contribution in [-0.4, -0.2) is 12.0 Å². The quantitative estimate of drug-likeness (QED) is 0.931. The van der Waals surface area contributed by atoms with Crippen LogP contribution < -0.4 is 5.32 Å². The maximum atomic E-state index is 4.46. The van der Waals surface area contributed by atoms with Crippen molar-refractivity contribution in [2.24, 2.45) is 0 Å². The Morgan fingerprint density at radius 2 is 1.94 bits per heavy atom. The molecule has 0 spiro atoms. The Labute approximate surface area is 117 Å². The zero-order chi connectivity index (χ0) is 13.0. The Balaban J connectivity index is 2.36. The molecule has 1 N–H and O–H groups in total. The van der Waals surface area contributed by atoms with E-state index >= 15 is 0 Å². The zero-order valence-corrected chi connectivity index (χ0v) is 12.2. The molecule has 0 aliphatic rings. The van der Waals surface area contributed by atoms with E-state index in [0.29, 0.717) is 0 Å². The molecule has 1 unspecified atom stereocenters. The first kappa shape index (κ1) is 13.2. The van der Waals surface area contributed by atoms with Crippen molar-refractivity contribution in [3.8, 4) is 0 Å². The summed E-state index contributed by atoms with van der Waals surface area (Å²) in [5.41, 5.74) is 3.60. The fourth-order valence-electron chi connectivity index (χ4n) is 2.02. The van der Waals surface area contributed by atoms with Gasteiger partial charge in [0.25, 0.3) is 0 Å². The van der Waals surface area contributed by atoms with Gasteiger partial charge in [-0.2, -0.15) is 0 Å². The number of rotatable bonds is 4. The molecule has 1 aromatic heterocycles. The predicted octanol–water partition coefficient (Wildman–Crippen LogP) is 3.72. The molecule has 1 atom stereocenters. The molecule has 3 heteroatoms. The monoisotopic (exact) mass is 304 g/mol. The second kappa shape index (κ2) is 6.12. The van der Waals surface area contributed by atoms with E-state index in [2.05, 4.69) is 57.4 Å². The molecule has 0 aliphatic heterocycles. The van der Waals surface area contributed by atoms with Crippen molar-refractivity contribution in [2.45, 2.75) is 19.4 Å². The Hall–Kier alpha value is -1.19. The lowest BCUT2D eigenvalue weighted by Crippen LogP contribution is -2.19. The molecule has 0 radical (unpaired) electrons. The van der Waals surface area contributed by atoms with E-state index in [1.807, 2.05) is 25.4 Å². The number of benzene rings is 1. The van der Waals surface area contributed by atoms with Crippen LogP contribution in [-0.2, 0) is 6.42 Å². The molecule has 0 aliphatic carbocycles. The van der Waals surface area contributed by atoms with Gasteiger partial charge in [0.2, 0.25) is 0 Å². The lowest BCUT2D eigenvalue weighted by Gasteiger charge is -2.17. The number of hydrogen-bond donors (Lipinski definition) is 1. The number of aromatic nitrogens is 1. The average Bonchev–Trinajstić information content (AvgIpc) is 2.42. The van der Waals surface area contributed by atoms with Crippen molar-refractivity contribution in [3.05, 3.63) is 63.9 Å². The highest BCUT2D eigenvalue weighted by Gasteiger charge is 2.15. The van der Waals surface area contributed by atoms with Crippen molar-refractivity contribution >= 4 is 15.9 Å². The van der Waals surface area contributed by atoms with E-state index in [0.717, 1.165) is 16.6 Å². The van der Waals surface area contributed by atoms with E-state index in [1.165, 1.54) is 11.1 Å². The number of hydrogen-bond acceptors (Lipinski definition) is 2. The van der Waals surface area contributed by atoms with E-state index in [9.17, 15) is 0 Å². The summed E-state index contributed by atoms with van der Waals surface area (Å²) in [4.78, 5) is 4.46. The SMILES string of the molecule is CCc1ccc(C(NC)c2ncccc2Br)cc1. The second-order valence-corrected chi connectivity index (χ2v) is 5.04. The lowest BCUT2D eigenvalue weighted by atomic mass is 10.0. The molecule has 1 heterocycles. The number of nitrogens with zero attached hydrogens (tertiary/aromatic N) is 1. The van der Waals surface area contributed by atoms with Gasteiger partial charge in [-0.15, -0.1) is 0 Å². The third kappa shape index (κ3) is 2.79. The fraction of sp³-hybridized carbons (Fsp3) is 0.267. The van der Waals surface area contributed by atoms with Crippen LogP contribution in [0.4, 0.5) is 0 Å². The number of halogens is 1. The molecule has 0 fully saturated rings. The van der Waals surface area contributed by atoms with Gasteiger partial charge in [0.1, 0.15) is 0 Å². The van der Waals surface area contributed by atoms with Gasteiger partial charge >= 0.3 is 0 Å². The molecule has 2 aromatic rings. The van der Waals surface area contributed by atoms with Gasteiger partial charge in [-0.25, -0.2) is 0 Å². The Morgan fingerprint density at radius 3 is 2.50 bits per heavy atom. The smallest absolute Gasteiger partial charge is 0.0760 e. The molecule has 18 heavy (non-hydrogen) atoms. The van der Waals surface area contributed by atoms with Crippen LogP contribution >= 0.6 is 15.9 Å². The Kier molecular flexibility index (Phi) is 4.50. The van der Waals surface area contributed by atoms with Crippen LogP contribution in [0.25, 0.3) is 0 Å².